The molecule has 0 aliphatic carbocycles. The summed E-state index contributed by atoms with van der Waals surface area (Å²) in [5, 5.41) is 2.02. The van der Waals surface area contributed by atoms with Crippen LogP contribution in [0.1, 0.15) is 15.2 Å². The Labute approximate surface area is 150 Å². The molecule has 2 rings (SSSR count). The van der Waals surface area contributed by atoms with Gasteiger partial charge in [-0.1, -0.05) is 6.07 Å². The lowest BCUT2D eigenvalue weighted by atomic mass is 10.2. The van der Waals surface area contributed by atoms with Gasteiger partial charge >= 0.3 is 0 Å². The van der Waals surface area contributed by atoms with E-state index >= 15 is 0 Å². The Morgan fingerprint density at radius 3 is 2.90 bits per heavy atom. The van der Waals surface area contributed by atoms with Crippen molar-refractivity contribution in [1.29, 1.82) is 0 Å². The van der Waals surface area contributed by atoms with E-state index in [1.807, 2.05) is 40.6 Å². The lowest BCUT2D eigenvalue weighted by Crippen LogP contribution is -2.33. The molecule has 1 amide bonds. The standard InChI is InChI=1S/C15H15BrINO2S/c1-20-7-6-18(10-12-3-2-8-21-12)15(19)13-9-11(17)4-5-14(13)16/h2-5,8-9H,6-7,10H2,1H3. The lowest BCUT2D eigenvalue weighted by molar-refractivity contribution is 0.0681. The first kappa shape index (κ1) is 16.9. The molecule has 0 fully saturated rings. The van der Waals surface area contributed by atoms with Gasteiger partial charge < -0.3 is 9.64 Å². The molecular formula is C15H15BrINO2S. The highest BCUT2D eigenvalue weighted by molar-refractivity contribution is 14.1. The molecule has 0 aliphatic rings. The Hall–Kier alpha value is -0.440. The Kier molecular flexibility index (Phi) is 6.66. The molecular weight excluding hydrogens is 465 g/mol. The molecule has 1 heterocycles. The molecule has 0 atom stereocenters. The molecule has 0 bridgehead atoms. The van der Waals surface area contributed by atoms with Crippen LogP contribution >= 0.6 is 49.9 Å². The predicted molar refractivity (Wildman–Crippen MR) is 97.8 cm³/mol. The molecule has 112 valence electrons. The summed E-state index contributed by atoms with van der Waals surface area (Å²) in [5.74, 6) is 0.0193. The molecule has 0 saturated heterocycles. The van der Waals surface area contributed by atoms with Crippen LogP contribution < -0.4 is 0 Å². The molecule has 0 saturated carbocycles. The van der Waals surface area contributed by atoms with Crippen LogP contribution in [-0.2, 0) is 11.3 Å². The number of rotatable bonds is 6. The smallest absolute Gasteiger partial charge is 0.255 e. The van der Waals surface area contributed by atoms with Crippen LogP contribution in [0, 0.1) is 3.57 Å². The molecule has 6 heteroatoms. The van der Waals surface area contributed by atoms with Crippen molar-refractivity contribution in [3.05, 3.63) is 54.2 Å². The molecule has 0 unspecified atom stereocenters. The van der Waals surface area contributed by atoms with Crippen LogP contribution in [0.5, 0.6) is 0 Å². The number of halogens is 2. The van der Waals surface area contributed by atoms with Crippen LogP contribution in [-0.4, -0.2) is 31.1 Å². The fraction of sp³-hybridized carbons (Fsp3) is 0.267. The second-order valence-electron chi connectivity index (χ2n) is 4.42. The summed E-state index contributed by atoms with van der Waals surface area (Å²) in [6.45, 7) is 1.71. The molecule has 0 radical (unpaired) electrons. The number of carbonyl (C=O) groups is 1. The van der Waals surface area contributed by atoms with Crippen molar-refractivity contribution >= 4 is 55.8 Å². The van der Waals surface area contributed by atoms with Crippen molar-refractivity contribution < 1.29 is 9.53 Å². The summed E-state index contributed by atoms with van der Waals surface area (Å²) in [6, 6.07) is 9.83. The van der Waals surface area contributed by atoms with Crippen LogP contribution in [0.15, 0.2) is 40.2 Å². The molecule has 3 nitrogen and oxygen atoms in total. The number of ether oxygens (including phenoxy) is 1. The summed E-state index contributed by atoms with van der Waals surface area (Å²) in [7, 11) is 1.65. The maximum absolute atomic E-state index is 12.8. The third kappa shape index (κ3) is 4.77. The summed E-state index contributed by atoms with van der Waals surface area (Å²) in [5.41, 5.74) is 0.689. The van der Waals surface area contributed by atoms with E-state index in [4.69, 9.17) is 4.74 Å². The summed E-state index contributed by atoms with van der Waals surface area (Å²) < 4.78 is 6.99. The molecule has 1 aromatic heterocycles. The van der Waals surface area contributed by atoms with E-state index in [0.29, 0.717) is 25.3 Å². The second-order valence-corrected chi connectivity index (χ2v) is 7.56. The van der Waals surface area contributed by atoms with Gasteiger partial charge in [-0.15, -0.1) is 11.3 Å². The zero-order chi connectivity index (χ0) is 15.2. The predicted octanol–water partition coefficient (Wildman–Crippen LogP) is 4.40. The van der Waals surface area contributed by atoms with Crippen molar-refractivity contribution in [2.45, 2.75) is 6.54 Å². The van der Waals surface area contributed by atoms with E-state index in [2.05, 4.69) is 38.5 Å². The van der Waals surface area contributed by atoms with Crippen molar-refractivity contribution in [1.82, 2.24) is 4.90 Å². The molecule has 1 aromatic carbocycles. The maximum atomic E-state index is 12.8. The number of benzene rings is 1. The van der Waals surface area contributed by atoms with E-state index in [9.17, 15) is 4.79 Å². The van der Waals surface area contributed by atoms with E-state index in [1.54, 1.807) is 18.4 Å². The number of hydrogen-bond donors (Lipinski definition) is 0. The number of thiophene rings is 1. The second kappa shape index (κ2) is 8.26. The summed E-state index contributed by atoms with van der Waals surface area (Å²) in [4.78, 5) is 15.8. The zero-order valence-corrected chi connectivity index (χ0v) is 16.1. The van der Waals surface area contributed by atoms with E-state index < -0.39 is 0 Å². The highest BCUT2D eigenvalue weighted by Crippen LogP contribution is 2.22. The monoisotopic (exact) mass is 479 g/mol. The molecule has 21 heavy (non-hydrogen) atoms. The van der Waals surface area contributed by atoms with Gasteiger partial charge in [0.2, 0.25) is 0 Å². The molecule has 0 N–H and O–H groups in total. The van der Waals surface area contributed by atoms with E-state index in [1.165, 1.54) is 4.88 Å². The first-order chi connectivity index (χ1) is 10.1. The van der Waals surface area contributed by atoms with Gasteiger partial charge in [0.25, 0.3) is 5.91 Å². The summed E-state index contributed by atoms with van der Waals surface area (Å²) in [6.07, 6.45) is 0. The average Bonchev–Trinajstić information content (AvgIpc) is 2.98. The van der Waals surface area contributed by atoms with Crippen molar-refractivity contribution in [3.63, 3.8) is 0 Å². The first-order valence-corrected chi connectivity index (χ1v) is 9.12. The Balaban J connectivity index is 2.22. The van der Waals surface area contributed by atoms with Crippen molar-refractivity contribution in [2.75, 3.05) is 20.3 Å². The van der Waals surface area contributed by atoms with Crippen molar-refractivity contribution in [2.24, 2.45) is 0 Å². The van der Waals surface area contributed by atoms with Crippen LogP contribution in [0.25, 0.3) is 0 Å². The Morgan fingerprint density at radius 2 is 2.24 bits per heavy atom. The molecule has 0 aliphatic heterocycles. The van der Waals surface area contributed by atoms with Gasteiger partial charge in [0.15, 0.2) is 0 Å². The van der Waals surface area contributed by atoms with Gasteiger partial charge in [0, 0.05) is 26.6 Å². The fourth-order valence-corrected chi connectivity index (χ4v) is 3.50. The van der Waals surface area contributed by atoms with E-state index in [-0.39, 0.29) is 5.91 Å². The van der Waals surface area contributed by atoms with Crippen molar-refractivity contribution in [3.8, 4) is 0 Å². The average molecular weight is 480 g/mol. The lowest BCUT2D eigenvalue weighted by Gasteiger charge is -2.22. The minimum absolute atomic E-state index is 0.0193. The Morgan fingerprint density at radius 1 is 1.43 bits per heavy atom. The van der Waals surface area contributed by atoms with E-state index in [0.717, 1.165) is 8.04 Å². The SMILES string of the molecule is COCCN(Cc1cccs1)C(=O)c1cc(I)ccc1Br. The molecule has 2 aromatic rings. The van der Waals surface area contributed by atoms with Crippen LogP contribution in [0.4, 0.5) is 0 Å². The fourth-order valence-electron chi connectivity index (χ4n) is 1.88. The van der Waals surface area contributed by atoms with Crippen LogP contribution in [0.3, 0.4) is 0 Å². The minimum Gasteiger partial charge on any atom is -0.383 e. The third-order valence-corrected chi connectivity index (χ3v) is 5.16. The number of nitrogens with zero attached hydrogens (tertiary/aromatic N) is 1. The number of hydrogen-bond acceptors (Lipinski definition) is 3. The number of amides is 1. The van der Waals surface area contributed by atoms with Gasteiger partial charge in [-0.2, -0.15) is 0 Å². The number of methoxy groups -OCH3 is 1. The van der Waals surface area contributed by atoms with Gasteiger partial charge in [-0.3, -0.25) is 4.79 Å². The van der Waals surface area contributed by atoms with Gasteiger partial charge in [0.05, 0.1) is 18.7 Å². The Bertz CT molecular complexity index is 604. The quantitative estimate of drug-likeness (QED) is 0.574. The van der Waals surface area contributed by atoms with Gasteiger partial charge in [-0.25, -0.2) is 0 Å². The first-order valence-electron chi connectivity index (χ1n) is 6.37. The van der Waals surface area contributed by atoms with Gasteiger partial charge in [-0.05, 0) is 68.2 Å². The highest BCUT2D eigenvalue weighted by atomic mass is 127. The molecule has 0 spiro atoms. The highest BCUT2D eigenvalue weighted by Gasteiger charge is 2.19. The summed E-state index contributed by atoms with van der Waals surface area (Å²) >= 11 is 7.34. The topological polar surface area (TPSA) is 29.5 Å². The number of carbonyl (C=O) groups excluding carboxylic acids is 1. The normalized spacial score (nSPS) is 10.6. The van der Waals surface area contributed by atoms with Gasteiger partial charge in [0.1, 0.15) is 0 Å². The van der Waals surface area contributed by atoms with Crippen LogP contribution in [0.2, 0.25) is 0 Å². The zero-order valence-electron chi connectivity index (χ0n) is 11.5. The largest absolute Gasteiger partial charge is 0.383 e. The maximum Gasteiger partial charge on any atom is 0.255 e. The third-order valence-electron chi connectivity index (χ3n) is 2.94. The minimum atomic E-state index is 0.0193.